The Morgan fingerprint density at radius 1 is 1.53 bits per heavy atom. The zero-order valence-corrected chi connectivity index (χ0v) is 9.58. The number of rotatable bonds is 3. The SMILES string of the molecule is NC(=O)c1ccc(OC2CNC2)c(Br)c1. The van der Waals surface area contributed by atoms with E-state index in [-0.39, 0.29) is 6.10 Å². The van der Waals surface area contributed by atoms with Gasteiger partial charge in [-0.25, -0.2) is 0 Å². The second-order valence-electron chi connectivity index (χ2n) is 3.41. The Kier molecular flexibility index (Phi) is 2.93. The lowest BCUT2D eigenvalue weighted by Crippen LogP contribution is -2.50. The fourth-order valence-electron chi connectivity index (χ4n) is 1.27. The van der Waals surface area contributed by atoms with Gasteiger partial charge in [0.2, 0.25) is 5.91 Å². The summed E-state index contributed by atoms with van der Waals surface area (Å²) in [6.45, 7) is 1.73. The van der Waals surface area contributed by atoms with Crippen molar-refractivity contribution in [1.82, 2.24) is 5.32 Å². The molecule has 3 N–H and O–H groups in total. The molecule has 0 unspecified atom stereocenters. The van der Waals surface area contributed by atoms with Crippen LogP contribution < -0.4 is 15.8 Å². The highest BCUT2D eigenvalue weighted by molar-refractivity contribution is 9.10. The van der Waals surface area contributed by atoms with Crippen molar-refractivity contribution < 1.29 is 9.53 Å². The fourth-order valence-corrected chi connectivity index (χ4v) is 1.75. The monoisotopic (exact) mass is 270 g/mol. The number of nitrogens with two attached hydrogens (primary N) is 1. The molecular formula is C10H11BrN2O2. The van der Waals surface area contributed by atoms with Gasteiger partial charge < -0.3 is 15.8 Å². The molecule has 1 aromatic carbocycles. The van der Waals surface area contributed by atoms with E-state index in [2.05, 4.69) is 21.2 Å². The third kappa shape index (κ3) is 2.30. The van der Waals surface area contributed by atoms with Gasteiger partial charge in [-0.15, -0.1) is 0 Å². The van der Waals surface area contributed by atoms with E-state index in [1.165, 1.54) is 0 Å². The zero-order chi connectivity index (χ0) is 10.8. The van der Waals surface area contributed by atoms with Crippen LogP contribution in [-0.4, -0.2) is 25.1 Å². The van der Waals surface area contributed by atoms with Crippen molar-refractivity contribution in [2.75, 3.05) is 13.1 Å². The molecule has 1 fully saturated rings. The Morgan fingerprint density at radius 3 is 2.73 bits per heavy atom. The van der Waals surface area contributed by atoms with Gasteiger partial charge in [0.15, 0.2) is 0 Å². The van der Waals surface area contributed by atoms with Crippen molar-refractivity contribution in [3.63, 3.8) is 0 Å². The van der Waals surface area contributed by atoms with Crippen LogP contribution in [-0.2, 0) is 0 Å². The Morgan fingerprint density at radius 2 is 2.27 bits per heavy atom. The van der Waals surface area contributed by atoms with Crippen LogP contribution in [0.4, 0.5) is 0 Å². The largest absolute Gasteiger partial charge is 0.487 e. The van der Waals surface area contributed by atoms with Crippen LogP contribution in [0.2, 0.25) is 0 Å². The number of nitrogens with one attached hydrogen (secondary N) is 1. The number of carbonyl (C=O) groups excluding carboxylic acids is 1. The molecule has 5 heteroatoms. The summed E-state index contributed by atoms with van der Waals surface area (Å²) in [7, 11) is 0. The summed E-state index contributed by atoms with van der Waals surface area (Å²) in [6, 6.07) is 5.08. The van der Waals surface area contributed by atoms with Gasteiger partial charge in [0, 0.05) is 18.7 Å². The number of hydrogen-bond donors (Lipinski definition) is 2. The van der Waals surface area contributed by atoms with Gasteiger partial charge in [0.1, 0.15) is 11.9 Å². The number of carbonyl (C=O) groups is 1. The number of ether oxygens (including phenoxy) is 1. The highest BCUT2D eigenvalue weighted by Gasteiger charge is 2.19. The number of hydrogen-bond acceptors (Lipinski definition) is 3. The standard InChI is InChI=1S/C10H11BrN2O2/c11-8-3-6(10(12)14)1-2-9(8)15-7-4-13-5-7/h1-3,7,13H,4-5H2,(H2,12,14). The molecule has 1 heterocycles. The highest BCUT2D eigenvalue weighted by Crippen LogP contribution is 2.27. The maximum atomic E-state index is 10.9. The van der Waals surface area contributed by atoms with Gasteiger partial charge in [0.05, 0.1) is 4.47 Å². The second kappa shape index (κ2) is 4.20. The zero-order valence-electron chi connectivity index (χ0n) is 8.00. The molecule has 1 aliphatic rings. The first-order valence-electron chi connectivity index (χ1n) is 4.63. The van der Waals surface area contributed by atoms with Crippen molar-refractivity contribution in [3.8, 4) is 5.75 Å². The molecule has 80 valence electrons. The summed E-state index contributed by atoms with van der Waals surface area (Å²) < 4.78 is 6.41. The molecule has 0 bridgehead atoms. The first kappa shape index (κ1) is 10.4. The second-order valence-corrected chi connectivity index (χ2v) is 4.26. The van der Waals surface area contributed by atoms with Crippen molar-refractivity contribution in [2.45, 2.75) is 6.10 Å². The van der Waals surface area contributed by atoms with Crippen molar-refractivity contribution >= 4 is 21.8 Å². The first-order chi connectivity index (χ1) is 7.16. The summed E-state index contributed by atoms with van der Waals surface area (Å²) in [5.74, 6) is 0.305. The minimum absolute atomic E-state index is 0.223. The van der Waals surface area contributed by atoms with Crippen LogP contribution in [0.15, 0.2) is 22.7 Å². The lowest BCUT2D eigenvalue weighted by molar-refractivity contribution is 0.1000. The third-order valence-corrected chi connectivity index (χ3v) is 2.87. The van der Waals surface area contributed by atoms with Crippen LogP contribution in [0.1, 0.15) is 10.4 Å². The maximum absolute atomic E-state index is 10.9. The van der Waals surface area contributed by atoms with Crippen molar-refractivity contribution in [2.24, 2.45) is 5.73 Å². The smallest absolute Gasteiger partial charge is 0.248 e. The number of halogens is 1. The van der Waals surface area contributed by atoms with E-state index in [1.54, 1.807) is 18.2 Å². The molecule has 1 amide bonds. The van der Waals surface area contributed by atoms with E-state index in [1.807, 2.05) is 0 Å². The van der Waals surface area contributed by atoms with E-state index in [4.69, 9.17) is 10.5 Å². The molecule has 0 atom stereocenters. The molecule has 1 aromatic rings. The summed E-state index contributed by atoms with van der Waals surface area (Å²) in [4.78, 5) is 10.9. The van der Waals surface area contributed by atoms with Crippen molar-refractivity contribution in [1.29, 1.82) is 0 Å². The molecule has 1 aliphatic heterocycles. The minimum atomic E-state index is -0.437. The van der Waals surface area contributed by atoms with Crippen LogP contribution in [0, 0.1) is 0 Å². The molecule has 4 nitrogen and oxygen atoms in total. The van der Waals surface area contributed by atoms with Crippen LogP contribution in [0.5, 0.6) is 5.75 Å². The van der Waals surface area contributed by atoms with Gasteiger partial charge in [-0.1, -0.05) is 0 Å². The quantitative estimate of drug-likeness (QED) is 0.858. The predicted octanol–water partition coefficient (Wildman–Crippen LogP) is 0.899. The van der Waals surface area contributed by atoms with Crippen LogP contribution in [0.3, 0.4) is 0 Å². The number of amides is 1. The van der Waals surface area contributed by atoms with Crippen LogP contribution in [0.25, 0.3) is 0 Å². The lowest BCUT2D eigenvalue weighted by atomic mass is 10.2. The number of primary amides is 1. The maximum Gasteiger partial charge on any atom is 0.248 e. The fraction of sp³-hybridized carbons (Fsp3) is 0.300. The molecule has 0 radical (unpaired) electrons. The molecule has 15 heavy (non-hydrogen) atoms. The first-order valence-corrected chi connectivity index (χ1v) is 5.43. The third-order valence-electron chi connectivity index (χ3n) is 2.25. The average molecular weight is 271 g/mol. The van der Waals surface area contributed by atoms with E-state index in [0.717, 1.165) is 23.3 Å². The molecule has 0 aliphatic carbocycles. The number of benzene rings is 1. The Labute approximate surface area is 95.9 Å². The van der Waals surface area contributed by atoms with E-state index < -0.39 is 5.91 Å². The van der Waals surface area contributed by atoms with E-state index >= 15 is 0 Å². The molecule has 2 rings (SSSR count). The Hall–Kier alpha value is -1.07. The van der Waals surface area contributed by atoms with Gasteiger partial charge >= 0.3 is 0 Å². The van der Waals surface area contributed by atoms with Crippen molar-refractivity contribution in [3.05, 3.63) is 28.2 Å². The van der Waals surface area contributed by atoms with Gasteiger partial charge in [0.25, 0.3) is 0 Å². The lowest BCUT2D eigenvalue weighted by Gasteiger charge is -2.28. The Balaban J connectivity index is 2.14. The average Bonchev–Trinajstić information content (AvgIpc) is 2.12. The molecule has 1 saturated heterocycles. The van der Waals surface area contributed by atoms with Gasteiger partial charge in [-0.2, -0.15) is 0 Å². The highest BCUT2D eigenvalue weighted by atomic mass is 79.9. The Bertz CT molecular complexity index is 391. The molecule has 0 saturated carbocycles. The van der Waals surface area contributed by atoms with Gasteiger partial charge in [-0.05, 0) is 34.1 Å². The summed E-state index contributed by atoms with van der Waals surface area (Å²) in [6.07, 6.45) is 0.223. The van der Waals surface area contributed by atoms with Crippen LogP contribution >= 0.6 is 15.9 Å². The summed E-state index contributed by atoms with van der Waals surface area (Å²) in [5, 5.41) is 3.12. The van der Waals surface area contributed by atoms with Gasteiger partial charge in [-0.3, -0.25) is 4.79 Å². The summed E-state index contributed by atoms with van der Waals surface area (Å²) >= 11 is 3.34. The molecule has 0 aromatic heterocycles. The van der Waals surface area contributed by atoms with E-state index in [0.29, 0.717) is 5.56 Å². The summed E-state index contributed by atoms with van der Waals surface area (Å²) in [5.41, 5.74) is 5.63. The minimum Gasteiger partial charge on any atom is -0.487 e. The normalized spacial score (nSPS) is 15.8. The molecular weight excluding hydrogens is 260 g/mol. The molecule has 0 spiro atoms. The topological polar surface area (TPSA) is 64.4 Å². The predicted molar refractivity (Wildman–Crippen MR) is 59.9 cm³/mol. The van der Waals surface area contributed by atoms with E-state index in [9.17, 15) is 4.79 Å².